The topological polar surface area (TPSA) is 52.2 Å². The lowest BCUT2D eigenvalue weighted by molar-refractivity contribution is 0.113. The Bertz CT molecular complexity index is 487. The highest BCUT2D eigenvalue weighted by atomic mass is 127. The maximum atomic E-state index is 11.7. The summed E-state index contributed by atoms with van der Waals surface area (Å²) in [6.45, 7) is 5.07. The highest BCUT2D eigenvalue weighted by molar-refractivity contribution is 14.1. The van der Waals surface area contributed by atoms with Gasteiger partial charge in [0.25, 0.3) is 5.56 Å². The Balaban J connectivity index is 2.16. The van der Waals surface area contributed by atoms with E-state index in [1.807, 2.05) is 29.5 Å². The lowest BCUT2D eigenvalue weighted by atomic mass is 10.1. The van der Waals surface area contributed by atoms with Crippen LogP contribution in [0.4, 0.5) is 0 Å². The van der Waals surface area contributed by atoms with E-state index in [1.54, 1.807) is 0 Å². The van der Waals surface area contributed by atoms with E-state index in [4.69, 9.17) is 0 Å². The van der Waals surface area contributed by atoms with Crippen LogP contribution in [0, 0.1) is 10.5 Å². The average Bonchev–Trinajstić information content (AvgIpc) is 2.31. The molecule has 1 atom stereocenters. The van der Waals surface area contributed by atoms with Crippen LogP contribution in [0.5, 0.6) is 0 Å². The fraction of sp³-hybridized carbons (Fsp3) is 0.667. The van der Waals surface area contributed by atoms with Gasteiger partial charge in [-0.3, -0.25) is 4.79 Å². The van der Waals surface area contributed by atoms with E-state index in [1.165, 1.54) is 0 Å². The molecule has 100 valence electrons. The summed E-state index contributed by atoms with van der Waals surface area (Å²) in [5, 5.41) is 0. The van der Waals surface area contributed by atoms with Crippen molar-refractivity contribution in [3.8, 4) is 0 Å². The summed E-state index contributed by atoms with van der Waals surface area (Å²) in [6.07, 6.45) is 0.799. The van der Waals surface area contributed by atoms with E-state index in [0.29, 0.717) is 9.61 Å². The maximum Gasteiger partial charge on any atom is 0.264 e. The largest absolute Gasteiger partial charge is 0.310 e. The van der Waals surface area contributed by atoms with Gasteiger partial charge in [-0.2, -0.15) is 0 Å². The van der Waals surface area contributed by atoms with Crippen molar-refractivity contribution in [3.63, 3.8) is 0 Å². The lowest BCUT2D eigenvalue weighted by Crippen LogP contribution is -2.51. The molecule has 0 saturated carbocycles. The standard InChI is InChI=1S/C12H19IN4O/c1-8-11(13)12(18)15-10(14-8)6-9-7-16(2)4-5-17(9)3/h9H,4-7H2,1-3H3,(H,14,15,18). The monoisotopic (exact) mass is 362 g/mol. The first-order valence-electron chi connectivity index (χ1n) is 6.11. The second kappa shape index (κ2) is 5.66. The van der Waals surface area contributed by atoms with E-state index in [-0.39, 0.29) is 5.56 Å². The zero-order valence-corrected chi connectivity index (χ0v) is 13.2. The number of H-pyrrole nitrogens is 1. The Morgan fingerprint density at radius 2 is 2.17 bits per heavy atom. The highest BCUT2D eigenvalue weighted by Crippen LogP contribution is 2.11. The van der Waals surface area contributed by atoms with Crippen LogP contribution in [-0.4, -0.2) is 59.5 Å². The minimum atomic E-state index is -0.0232. The molecule has 5 nitrogen and oxygen atoms in total. The molecule has 1 aromatic heterocycles. The quantitative estimate of drug-likeness (QED) is 0.778. The third-order valence-electron chi connectivity index (χ3n) is 3.49. The lowest BCUT2D eigenvalue weighted by Gasteiger charge is -2.37. The van der Waals surface area contributed by atoms with E-state index in [2.05, 4.69) is 33.9 Å². The molecule has 0 aromatic carbocycles. The van der Waals surface area contributed by atoms with Crippen molar-refractivity contribution in [1.29, 1.82) is 0 Å². The summed E-state index contributed by atoms with van der Waals surface area (Å²) < 4.78 is 0.686. The van der Waals surface area contributed by atoms with Gasteiger partial charge in [0.1, 0.15) is 5.82 Å². The molecule has 1 N–H and O–H groups in total. The van der Waals surface area contributed by atoms with E-state index < -0.39 is 0 Å². The molecular weight excluding hydrogens is 343 g/mol. The Morgan fingerprint density at radius 3 is 2.83 bits per heavy atom. The Morgan fingerprint density at radius 1 is 1.44 bits per heavy atom. The molecule has 18 heavy (non-hydrogen) atoms. The fourth-order valence-corrected chi connectivity index (χ4v) is 2.53. The van der Waals surface area contributed by atoms with Crippen LogP contribution >= 0.6 is 22.6 Å². The molecule has 1 fully saturated rings. The van der Waals surface area contributed by atoms with Crippen molar-refractivity contribution in [2.45, 2.75) is 19.4 Å². The second-order valence-electron chi connectivity index (χ2n) is 5.01. The molecule has 6 heteroatoms. The number of rotatable bonds is 2. The van der Waals surface area contributed by atoms with Crippen LogP contribution in [0.15, 0.2) is 4.79 Å². The van der Waals surface area contributed by atoms with E-state index >= 15 is 0 Å². The summed E-state index contributed by atoms with van der Waals surface area (Å²) in [7, 11) is 4.27. The van der Waals surface area contributed by atoms with Crippen LogP contribution in [0.25, 0.3) is 0 Å². The van der Waals surface area contributed by atoms with Crippen molar-refractivity contribution in [2.75, 3.05) is 33.7 Å². The predicted molar refractivity (Wildman–Crippen MR) is 79.9 cm³/mol. The van der Waals surface area contributed by atoms with Gasteiger partial charge in [0, 0.05) is 32.1 Å². The molecular formula is C12H19IN4O. The number of hydrogen-bond donors (Lipinski definition) is 1. The number of nitrogens with one attached hydrogen (secondary N) is 1. The summed E-state index contributed by atoms with van der Waals surface area (Å²) in [5.41, 5.74) is 0.797. The summed E-state index contributed by atoms with van der Waals surface area (Å²) >= 11 is 2.04. The molecule has 1 unspecified atom stereocenters. The van der Waals surface area contributed by atoms with Gasteiger partial charge in [0.15, 0.2) is 0 Å². The first kappa shape index (κ1) is 14.0. The third kappa shape index (κ3) is 3.10. The number of nitrogens with zero attached hydrogens (tertiary/aromatic N) is 3. The van der Waals surface area contributed by atoms with Gasteiger partial charge in [0.2, 0.25) is 0 Å². The molecule has 1 aromatic rings. The maximum absolute atomic E-state index is 11.7. The summed E-state index contributed by atoms with van der Waals surface area (Å²) in [4.78, 5) is 23.7. The minimum absolute atomic E-state index is 0.0232. The van der Waals surface area contributed by atoms with Gasteiger partial charge in [-0.1, -0.05) is 0 Å². The first-order chi connectivity index (χ1) is 8.47. The van der Waals surface area contributed by atoms with E-state index in [9.17, 15) is 4.79 Å². The SMILES string of the molecule is Cc1nc(CC2CN(C)CCN2C)[nH]c(=O)c1I. The highest BCUT2D eigenvalue weighted by Gasteiger charge is 2.23. The van der Waals surface area contributed by atoms with Gasteiger partial charge in [-0.05, 0) is 43.6 Å². The van der Waals surface area contributed by atoms with Crippen molar-refractivity contribution in [3.05, 3.63) is 25.4 Å². The molecule has 0 bridgehead atoms. The Hall–Kier alpha value is -0.470. The molecule has 0 radical (unpaired) electrons. The Labute approximate surface area is 121 Å². The van der Waals surface area contributed by atoms with Crippen LogP contribution < -0.4 is 5.56 Å². The fourth-order valence-electron chi connectivity index (χ4n) is 2.27. The van der Waals surface area contributed by atoms with Crippen LogP contribution in [0.2, 0.25) is 0 Å². The number of likely N-dealkylation sites (N-methyl/N-ethyl adjacent to an activating group) is 2. The van der Waals surface area contributed by atoms with Gasteiger partial charge in [-0.25, -0.2) is 4.98 Å². The third-order valence-corrected chi connectivity index (χ3v) is 4.76. The smallest absolute Gasteiger partial charge is 0.264 e. The van der Waals surface area contributed by atoms with Crippen molar-refractivity contribution < 1.29 is 0 Å². The van der Waals surface area contributed by atoms with Crippen LogP contribution in [-0.2, 0) is 6.42 Å². The molecule has 1 aliphatic rings. The number of piperazine rings is 1. The molecule has 0 amide bonds. The normalized spacial score (nSPS) is 22.3. The summed E-state index contributed by atoms with van der Waals surface area (Å²) in [6, 6.07) is 0.423. The average molecular weight is 362 g/mol. The van der Waals surface area contributed by atoms with Gasteiger partial charge in [0.05, 0.1) is 9.26 Å². The van der Waals surface area contributed by atoms with Gasteiger partial charge >= 0.3 is 0 Å². The Kier molecular flexibility index (Phi) is 4.39. The summed E-state index contributed by atoms with van der Waals surface area (Å²) in [5.74, 6) is 0.796. The molecule has 1 saturated heterocycles. The molecule has 2 heterocycles. The number of aromatic amines is 1. The molecule has 0 spiro atoms. The zero-order chi connectivity index (χ0) is 13.3. The predicted octanol–water partition coefficient (Wildman–Crippen LogP) is 0.471. The minimum Gasteiger partial charge on any atom is -0.310 e. The molecule has 1 aliphatic heterocycles. The van der Waals surface area contributed by atoms with Crippen molar-refractivity contribution in [1.82, 2.24) is 19.8 Å². The van der Waals surface area contributed by atoms with Crippen LogP contribution in [0.1, 0.15) is 11.5 Å². The first-order valence-corrected chi connectivity index (χ1v) is 7.19. The molecule has 2 rings (SSSR count). The number of aryl methyl sites for hydroxylation is 1. The second-order valence-corrected chi connectivity index (χ2v) is 6.09. The van der Waals surface area contributed by atoms with Crippen molar-refractivity contribution >= 4 is 22.6 Å². The number of aromatic nitrogens is 2. The van der Waals surface area contributed by atoms with Gasteiger partial charge in [-0.15, -0.1) is 0 Å². The van der Waals surface area contributed by atoms with Gasteiger partial charge < -0.3 is 14.8 Å². The molecule has 0 aliphatic carbocycles. The van der Waals surface area contributed by atoms with Crippen LogP contribution in [0.3, 0.4) is 0 Å². The number of hydrogen-bond acceptors (Lipinski definition) is 4. The zero-order valence-electron chi connectivity index (χ0n) is 11.0. The number of halogens is 1. The van der Waals surface area contributed by atoms with E-state index in [0.717, 1.165) is 37.6 Å². The van der Waals surface area contributed by atoms with Crippen molar-refractivity contribution in [2.24, 2.45) is 0 Å².